The number of carbonyl (C=O) groups is 2. The number of rotatable bonds is 8. The second kappa shape index (κ2) is 8.94. The van der Waals surface area contributed by atoms with Gasteiger partial charge in [-0.3, -0.25) is 4.79 Å². The van der Waals surface area contributed by atoms with Crippen molar-refractivity contribution < 1.29 is 23.8 Å². The molecule has 1 amide bonds. The molecule has 0 aliphatic heterocycles. The number of fused-ring (bicyclic) bond motifs is 1. The van der Waals surface area contributed by atoms with Gasteiger partial charge in [-0.1, -0.05) is 0 Å². The summed E-state index contributed by atoms with van der Waals surface area (Å²) in [7, 11) is 1.55. The minimum absolute atomic E-state index is 0.00437. The molecule has 0 aliphatic carbocycles. The fraction of sp³-hybridized carbons (Fsp3) is 0.421. The molecule has 2 N–H and O–H groups in total. The number of benzene rings is 1. The van der Waals surface area contributed by atoms with Gasteiger partial charge in [-0.2, -0.15) is 11.8 Å². The largest absolute Gasteiger partial charge is 0.496 e. The van der Waals surface area contributed by atoms with Crippen molar-refractivity contribution in [1.29, 1.82) is 0 Å². The summed E-state index contributed by atoms with van der Waals surface area (Å²) in [4.78, 5) is 35.6. The van der Waals surface area contributed by atoms with E-state index in [1.54, 1.807) is 19.4 Å². The van der Waals surface area contributed by atoms with Crippen LogP contribution in [0.4, 0.5) is 0 Å². The number of nitrogens with one attached hydrogen (secondary N) is 1. The molecule has 0 bridgehead atoms. The van der Waals surface area contributed by atoms with E-state index in [0.29, 0.717) is 16.9 Å². The Morgan fingerprint density at radius 1 is 1.30 bits per heavy atom. The van der Waals surface area contributed by atoms with Crippen LogP contribution in [0.5, 0.6) is 5.75 Å². The van der Waals surface area contributed by atoms with Crippen LogP contribution in [0, 0.1) is 13.8 Å². The molecule has 1 heterocycles. The quantitative estimate of drug-likeness (QED) is 0.663. The molecule has 0 unspecified atom stereocenters. The fourth-order valence-electron chi connectivity index (χ4n) is 2.93. The molecule has 0 aliphatic rings. The van der Waals surface area contributed by atoms with Gasteiger partial charge in [0.05, 0.1) is 7.11 Å². The molecule has 1 atom stereocenters. The lowest BCUT2D eigenvalue weighted by Crippen LogP contribution is -2.42. The number of aliphatic carboxylic acids is 1. The molecular formula is C19H23NO6S. The lowest BCUT2D eigenvalue weighted by molar-refractivity contribution is -0.141. The first kappa shape index (κ1) is 20.8. The molecule has 27 heavy (non-hydrogen) atoms. The number of aryl methyl sites for hydroxylation is 2. The molecule has 8 heteroatoms. The SMILES string of the molecule is COc1ccc2c(C)c(CCC(=O)N[C@H](CSC)C(=O)O)c(=O)oc2c1C. The molecule has 0 spiro atoms. The van der Waals surface area contributed by atoms with Crippen molar-refractivity contribution in [2.45, 2.75) is 32.7 Å². The van der Waals surface area contributed by atoms with Crippen molar-refractivity contribution >= 4 is 34.6 Å². The monoisotopic (exact) mass is 393 g/mol. The van der Waals surface area contributed by atoms with Gasteiger partial charge in [0.25, 0.3) is 0 Å². The van der Waals surface area contributed by atoms with Gasteiger partial charge in [-0.15, -0.1) is 0 Å². The van der Waals surface area contributed by atoms with Crippen LogP contribution in [0.2, 0.25) is 0 Å². The minimum atomic E-state index is -1.08. The predicted octanol–water partition coefficient (Wildman–Crippen LogP) is 2.28. The molecule has 146 valence electrons. The number of amides is 1. The third kappa shape index (κ3) is 4.63. The number of carbonyl (C=O) groups excluding carboxylic acids is 1. The van der Waals surface area contributed by atoms with Crippen molar-refractivity contribution in [2.75, 3.05) is 19.1 Å². The fourth-order valence-corrected chi connectivity index (χ4v) is 3.49. The van der Waals surface area contributed by atoms with Gasteiger partial charge in [0.15, 0.2) is 0 Å². The van der Waals surface area contributed by atoms with E-state index in [-0.39, 0.29) is 18.6 Å². The molecule has 0 saturated heterocycles. The van der Waals surface area contributed by atoms with Gasteiger partial charge in [-0.05, 0) is 44.2 Å². The van der Waals surface area contributed by atoms with E-state index >= 15 is 0 Å². The van der Waals surface area contributed by atoms with Crippen molar-refractivity contribution in [3.8, 4) is 5.75 Å². The second-order valence-corrected chi connectivity index (χ2v) is 7.09. The normalized spacial score (nSPS) is 12.0. The molecule has 1 aromatic heterocycles. The molecule has 0 radical (unpaired) electrons. The van der Waals surface area contributed by atoms with Crippen LogP contribution in [0.1, 0.15) is 23.1 Å². The van der Waals surface area contributed by atoms with Gasteiger partial charge in [0.1, 0.15) is 17.4 Å². The maximum atomic E-state index is 12.4. The first-order valence-corrected chi connectivity index (χ1v) is 9.80. The lowest BCUT2D eigenvalue weighted by atomic mass is 10.00. The number of methoxy groups -OCH3 is 1. The molecule has 7 nitrogen and oxygen atoms in total. The highest BCUT2D eigenvalue weighted by Crippen LogP contribution is 2.29. The van der Waals surface area contributed by atoms with E-state index in [2.05, 4.69) is 5.32 Å². The van der Waals surface area contributed by atoms with E-state index in [0.717, 1.165) is 16.5 Å². The minimum Gasteiger partial charge on any atom is -0.496 e. The summed E-state index contributed by atoms with van der Waals surface area (Å²) in [5.74, 6) is -0.588. The molecule has 0 saturated carbocycles. The molecule has 0 fully saturated rings. The lowest BCUT2D eigenvalue weighted by Gasteiger charge is -2.14. The van der Waals surface area contributed by atoms with E-state index in [9.17, 15) is 14.4 Å². The van der Waals surface area contributed by atoms with Crippen molar-refractivity contribution in [2.24, 2.45) is 0 Å². The first-order chi connectivity index (χ1) is 12.8. The van der Waals surface area contributed by atoms with Gasteiger partial charge in [-0.25, -0.2) is 9.59 Å². The summed E-state index contributed by atoms with van der Waals surface area (Å²) < 4.78 is 10.7. The molecule has 2 aromatic rings. The maximum absolute atomic E-state index is 12.4. The van der Waals surface area contributed by atoms with E-state index < -0.39 is 23.5 Å². The number of thioether (sulfide) groups is 1. The van der Waals surface area contributed by atoms with Gasteiger partial charge < -0.3 is 19.6 Å². The van der Waals surface area contributed by atoms with Crippen LogP contribution in [-0.2, 0) is 16.0 Å². The Morgan fingerprint density at radius 3 is 2.59 bits per heavy atom. The second-order valence-electron chi connectivity index (χ2n) is 6.18. The number of hydrogen-bond donors (Lipinski definition) is 2. The maximum Gasteiger partial charge on any atom is 0.339 e. The van der Waals surface area contributed by atoms with Crippen molar-refractivity contribution in [1.82, 2.24) is 5.32 Å². The average molecular weight is 393 g/mol. The third-order valence-electron chi connectivity index (χ3n) is 4.44. The standard InChI is InChI=1S/C19H23NO6S/c1-10-12-5-7-15(25-3)11(2)17(12)26-19(24)13(10)6-8-16(21)20-14(9-27-4)18(22)23/h5,7,14H,6,8-9H2,1-4H3,(H,20,21)(H,22,23)/t14-/m1/s1. The molecule has 2 rings (SSSR count). The highest BCUT2D eigenvalue weighted by atomic mass is 32.2. The highest BCUT2D eigenvalue weighted by Gasteiger charge is 2.20. The molecule has 1 aromatic carbocycles. The summed E-state index contributed by atoms with van der Waals surface area (Å²) in [5.41, 5.74) is 1.87. The van der Waals surface area contributed by atoms with Crippen LogP contribution < -0.4 is 15.7 Å². The van der Waals surface area contributed by atoms with Gasteiger partial charge in [0.2, 0.25) is 5.91 Å². The summed E-state index contributed by atoms with van der Waals surface area (Å²) in [6.07, 6.45) is 1.94. The smallest absolute Gasteiger partial charge is 0.339 e. The zero-order valence-corrected chi connectivity index (χ0v) is 16.6. The zero-order chi connectivity index (χ0) is 20.1. The summed E-state index contributed by atoms with van der Waals surface area (Å²) in [6.45, 7) is 3.63. The van der Waals surface area contributed by atoms with Gasteiger partial charge in [0, 0.05) is 28.7 Å². The first-order valence-electron chi connectivity index (χ1n) is 8.41. The topological polar surface area (TPSA) is 106 Å². The predicted molar refractivity (Wildman–Crippen MR) is 105 cm³/mol. The Hall–Kier alpha value is -2.48. The summed E-state index contributed by atoms with van der Waals surface area (Å²) >= 11 is 1.33. The van der Waals surface area contributed by atoms with Crippen LogP contribution in [0.3, 0.4) is 0 Å². The van der Waals surface area contributed by atoms with E-state index in [1.807, 2.05) is 19.9 Å². The van der Waals surface area contributed by atoms with Crippen LogP contribution in [0.15, 0.2) is 21.3 Å². The van der Waals surface area contributed by atoms with E-state index in [4.69, 9.17) is 14.3 Å². The Morgan fingerprint density at radius 2 is 2.00 bits per heavy atom. The Kier molecular flexibility index (Phi) is 6.90. The van der Waals surface area contributed by atoms with E-state index in [1.165, 1.54) is 11.8 Å². The summed E-state index contributed by atoms with van der Waals surface area (Å²) in [5, 5.41) is 12.4. The Bertz CT molecular complexity index is 921. The summed E-state index contributed by atoms with van der Waals surface area (Å²) in [6, 6.07) is 2.68. The van der Waals surface area contributed by atoms with Crippen LogP contribution in [-0.4, -0.2) is 42.1 Å². The number of ether oxygens (including phenoxy) is 1. The number of hydrogen-bond acceptors (Lipinski definition) is 6. The Balaban J connectivity index is 2.23. The molecular weight excluding hydrogens is 370 g/mol. The average Bonchev–Trinajstić information content (AvgIpc) is 2.62. The van der Waals surface area contributed by atoms with Crippen LogP contribution in [0.25, 0.3) is 11.0 Å². The zero-order valence-electron chi connectivity index (χ0n) is 15.8. The Labute approximate surface area is 161 Å². The van der Waals surface area contributed by atoms with Crippen LogP contribution >= 0.6 is 11.8 Å². The van der Waals surface area contributed by atoms with Crippen molar-refractivity contribution in [3.63, 3.8) is 0 Å². The van der Waals surface area contributed by atoms with Gasteiger partial charge >= 0.3 is 11.6 Å². The van der Waals surface area contributed by atoms with Crippen molar-refractivity contribution in [3.05, 3.63) is 39.2 Å². The number of carboxylic acid groups (broad SMARTS) is 1. The number of carboxylic acids is 1. The third-order valence-corrected chi connectivity index (χ3v) is 5.11. The highest BCUT2D eigenvalue weighted by molar-refractivity contribution is 7.98.